The maximum atomic E-state index is 11.1. The summed E-state index contributed by atoms with van der Waals surface area (Å²) < 4.78 is 0. The van der Waals surface area contributed by atoms with Crippen molar-refractivity contribution in [1.29, 1.82) is 0 Å². The normalized spacial score (nSPS) is 21.3. The second-order valence-electron chi connectivity index (χ2n) is 6.86. The van der Waals surface area contributed by atoms with Crippen LogP contribution in [-0.4, -0.2) is 51.1 Å². The summed E-state index contributed by atoms with van der Waals surface area (Å²) in [5, 5.41) is 12.5. The molecule has 0 spiro atoms. The molecule has 2 fully saturated rings. The minimum atomic E-state index is -1.01. The first-order valence-electron chi connectivity index (χ1n) is 8.67. The lowest BCUT2D eigenvalue weighted by atomic mass is 9.92. The Morgan fingerprint density at radius 2 is 1.91 bits per heavy atom. The molecule has 1 aliphatic heterocycles. The first-order chi connectivity index (χ1) is 11.1. The Bertz CT molecular complexity index is 564. The molecule has 0 amide bonds. The first-order valence-corrected chi connectivity index (χ1v) is 8.67. The van der Waals surface area contributed by atoms with Gasteiger partial charge in [0.2, 0.25) is 5.95 Å². The van der Waals surface area contributed by atoms with Crippen molar-refractivity contribution in [3.8, 4) is 0 Å². The number of piperidine rings is 1. The molecular weight excluding hydrogens is 292 g/mol. The molecule has 0 aromatic carbocycles. The minimum Gasteiger partial charge on any atom is -0.477 e. The molecule has 0 unspecified atom stereocenters. The maximum Gasteiger partial charge on any atom is 0.354 e. The van der Waals surface area contributed by atoms with Gasteiger partial charge in [0.25, 0.3) is 0 Å². The summed E-state index contributed by atoms with van der Waals surface area (Å²) in [5.74, 6) is -0.573. The van der Waals surface area contributed by atoms with E-state index in [1.165, 1.54) is 64.1 Å². The van der Waals surface area contributed by atoms with Crippen LogP contribution in [0.4, 0.5) is 5.95 Å². The van der Waals surface area contributed by atoms with Crippen molar-refractivity contribution in [3.63, 3.8) is 0 Å². The van der Waals surface area contributed by atoms with Crippen LogP contribution in [0, 0.1) is 6.92 Å². The van der Waals surface area contributed by atoms with Crippen molar-refractivity contribution < 1.29 is 9.90 Å². The fourth-order valence-electron chi connectivity index (χ4n) is 4.01. The van der Waals surface area contributed by atoms with Crippen molar-refractivity contribution in [2.75, 3.05) is 25.0 Å². The van der Waals surface area contributed by atoms with E-state index < -0.39 is 5.97 Å². The van der Waals surface area contributed by atoms with Gasteiger partial charge >= 0.3 is 5.97 Å². The van der Waals surface area contributed by atoms with E-state index in [1.807, 2.05) is 0 Å². The molecule has 3 rings (SSSR count). The van der Waals surface area contributed by atoms with E-state index in [9.17, 15) is 4.79 Å². The van der Waals surface area contributed by atoms with Crippen molar-refractivity contribution >= 4 is 11.9 Å². The van der Waals surface area contributed by atoms with Gasteiger partial charge in [-0.25, -0.2) is 14.8 Å². The van der Waals surface area contributed by atoms with Crippen LogP contribution in [0.2, 0.25) is 0 Å². The van der Waals surface area contributed by atoms with E-state index in [4.69, 9.17) is 5.11 Å². The van der Waals surface area contributed by atoms with E-state index >= 15 is 0 Å². The molecule has 1 aromatic heterocycles. The van der Waals surface area contributed by atoms with Gasteiger partial charge in [0.1, 0.15) is 0 Å². The Kier molecular flexibility index (Phi) is 4.80. The van der Waals surface area contributed by atoms with Crippen LogP contribution in [0.5, 0.6) is 0 Å². The standard InChI is InChI=1S/C17H26N4O2/c1-13-11-14(15(22)23)20-16(19-13)18-12-17(7-3-4-8-17)21-9-5-2-6-10-21/h11H,2-10,12H2,1H3,(H,22,23)(H,18,19,20). The number of aryl methyl sites for hydroxylation is 1. The SMILES string of the molecule is Cc1cc(C(=O)O)nc(NCC2(N3CCCCC3)CCCC2)n1. The quantitative estimate of drug-likeness (QED) is 0.869. The second kappa shape index (κ2) is 6.83. The zero-order chi connectivity index (χ0) is 16.3. The van der Waals surface area contributed by atoms with Crippen LogP contribution in [0.15, 0.2) is 6.07 Å². The van der Waals surface area contributed by atoms with Gasteiger partial charge in [-0.05, 0) is 51.8 Å². The fourth-order valence-corrected chi connectivity index (χ4v) is 4.01. The lowest BCUT2D eigenvalue weighted by molar-refractivity contribution is 0.0690. The number of aromatic nitrogens is 2. The summed E-state index contributed by atoms with van der Waals surface area (Å²) in [4.78, 5) is 22.3. The van der Waals surface area contributed by atoms with Crippen LogP contribution in [0.25, 0.3) is 0 Å². The summed E-state index contributed by atoms with van der Waals surface area (Å²) in [6.07, 6.45) is 8.86. The van der Waals surface area contributed by atoms with Gasteiger partial charge in [0.15, 0.2) is 5.69 Å². The number of likely N-dealkylation sites (tertiary alicyclic amines) is 1. The van der Waals surface area contributed by atoms with Gasteiger partial charge in [-0.15, -0.1) is 0 Å². The number of hydrogen-bond donors (Lipinski definition) is 2. The summed E-state index contributed by atoms with van der Waals surface area (Å²) in [5.41, 5.74) is 0.925. The van der Waals surface area contributed by atoms with Crippen LogP contribution < -0.4 is 5.32 Å². The van der Waals surface area contributed by atoms with Crippen molar-refractivity contribution in [3.05, 3.63) is 17.5 Å². The van der Waals surface area contributed by atoms with Crippen LogP contribution in [0.1, 0.15) is 61.1 Å². The first kappa shape index (κ1) is 16.2. The average molecular weight is 318 g/mol. The van der Waals surface area contributed by atoms with Crippen LogP contribution >= 0.6 is 0 Å². The number of nitrogens with zero attached hydrogens (tertiary/aromatic N) is 3. The zero-order valence-corrected chi connectivity index (χ0v) is 13.8. The predicted molar refractivity (Wildman–Crippen MR) is 88.8 cm³/mol. The number of rotatable bonds is 5. The van der Waals surface area contributed by atoms with Crippen molar-refractivity contribution in [2.45, 2.75) is 57.4 Å². The monoisotopic (exact) mass is 318 g/mol. The fraction of sp³-hybridized carbons (Fsp3) is 0.706. The summed E-state index contributed by atoms with van der Waals surface area (Å²) in [6, 6.07) is 1.50. The Morgan fingerprint density at radius 3 is 2.57 bits per heavy atom. The van der Waals surface area contributed by atoms with Crippen molar-refractivity contribution in [1.82, 2.24) is 14.9 Å². The highest BCUT2D eigenvalue weighted by atomic mass is 16.4. The number of anilines is 1. The highest BCUT2D eigenvalue weighted by Gasteiger charge is 2.39. The predicted octanol–water partition coefficient (Wildman–Crippen LogP) is 2.69. The molecule has 6 nitrogen and oxygen atoms in total. The molecule has 1 aromatic rings. The number of nitrogens with one attached hydrogen (secondary N) is 1. The molecule has 1 aliphatic carbocycles. The molecule has 1 saturated heterocycles. The lowest BCUT2D eigenvalue weighted by Crippen LogP contribution is -2.53. The van der Waals surface area contributed by atoms with Crippen LogP contribution in [0.3, 0.4) is 0 Å². The average Bonchev–Trinajstić information content (AvgIpc) is 3.03. The molecule has 2 N–H and O–H groups in total. The number of carboxylic acids is 1. The maximum absolute atomic E-state index is 11.1. The molecule has 126 valence electrons. The number of aromatic carboxylic acids is 1. The smallest absolute Gasteiger partial charge is 0.354 e. The van der Waals surface area contributed by atoms with Gasteiger partial charge in [-0.1, -0.05) is 19.3 Å². The molecule has 1 saturated carbocycles. The third-order valence-electron chi connectivity index (χ3n) is 5.21. The van der Waals surface area contributed by atoms with Gasteiger partial charge in [0.05, 0.1) is 0 Å². The number of carboxylic acid groups (broad SMARTS) is 1. The van der Waals surface area contributed by atoms with Gasteiger partial charge in [-0.2, -0.15) is 0 Å². The number of hydrogen-bond acceptors (Lipinski definition) is 5. The molecular formula is C17H26N4O2. The third-order valence-corrected chi connectivity index (χ3v) is 5.21. The topological polar surface area (TPSA) is 78.3 Å². The van der Waals surface area contributed by atoms with Gasteiger partial charge in [0, 0.05) is 17.8 Å². The van der Waals surface area contributed by atoms with Crippen LogP contribution in [-0.2, 0) is 0 Å². The molecule has 0 atom stereocenters. The molecule has 0 bridgehead atoms. The molecule has 6 heteroatoms. The molecule has 0 radical (unpaired) electrons. The Hall–Kier alpha value is -1.69. The zero-order valence-electron chi connectivity index (χ0n) is 13.8. The van der Waals surface area contributed by atoms with E-state index in [0.29, 0.717) is 11.6 Å². The Labute approximate surface area is 137 Å². The summed E-state index contributed by atoms with van der Waals surface area (Å²) in [7, 11) is 0. The van der Waals surface area contributed by atoms with E-state index in [2.05, 4.69) is 20.2 Å². The van der Waals surface area contributed by atoms with E-state index in [0.717, 1.165) is 6.54 Å². The minimum absolute atomic E-state index is 0.0541. The van der Waals surface area contributed by atoms with Gasteiger partial charge < -0.3 is 10.4 Å². The van der Waals surface area contributed by atoms with E-state index in [-0.39, 0.29) is 11.2 Å². The highest BCUT2D eigenvalue weighted by molar-refractivity contribution is 5.85. The molecule has 23 heavy (non-hydrogen) atoms. The van der Waals surface area contributed by atoms with Gasteiger partial charge in [-0.3, -0.25) is 4.90 Å². The highest BCUT2D eigenvalue weighted by Crippen LogP contribution is 2.37. The largest absolute Gasteiger partial charge is 0.477 e. The van der Waals surface area contributed by atoms with E-state index in [1.54, 1.807) is 6.92 Å². The Balaban J connectivity index is 1.73. The lowest BCUT2D eigenvalue weighted by Gasteiger charge is -2.43. The van der Waals surface area contributed by atoms with Crippen molar-refractivity contribution in [2.24, 2.45) is 0 Å². The second-order valence-corrected chi connectivity index (χ2v) is 6.86. The summed E-state index contributed by atoms with van der Waals surface area (Å²) in [6.45, 7) is 4.96. The Morgan fingerprint density at radius 1 is 1.22 bits per heavy atom. The number of carbonyl (C=O) groups is 1. The third kappa shape index (κ3) is 3.63. The molecule has 2 heterocycles. The molecule has 2 aliphatic rings. The summed E-state index contributed by atoms with van der Waals surface area (Å²) >= 11 is 0.